The van der Waals surface area contributed by atoms with Gasteiger partial charge in [0.25, 0.3) is 0 Å². The zero-order valence-electron chi connectivity index (χ0n) is 12.2. The molecule has 0 aliphatic heterocycles. The van der Waals surface area contributed by atoms with Gasteiger partial charge in [0.05, 0.1) is 5.54 Å². The van der Waals surface area contributed by atoms with E-state index >= 15 is 0 Å². The maximum atomic E-state index is 12.1. The zero-order chi connectivity index (χ0) is 15.2. The molecule has 1 amide bonds. The number of benzene rings is 1. The van der Waals surface area contributed by atoms with Crippen molar-refractivity contribution in [3.63, 3.8) is 0 Å². The molecule has 0 heterocycles. The van der Waals surface area contributed by atoms with Crippen molar-refractivity contribution in [3.8, 4) is 0 Å². The summed E-state index contributed by atoms with van der Waals surface area (Å²) in [4.78, 5) is 22.7. The third-order valence-corrected chi connectivity index (χ3v) is 3.00. The first-order valence-corrected chi connectivity index (χ1v) is 6.72. The van der Waals surface area contributed by atoms with E-state index in [-0.39, 0.29) is 12.3 Å². The fraction of sp³-hybridized carbons (Fsp3) is 0.467. The Morgan fingerprint density at radius 2 is 2.00 bits per heavy atom. The molecule has 5 heteroatoms. The minimum atomic E-state index is -0.826. The molecule has 1 rings (SSSR count). The number of aryl methyl sites for hydroxylation is 1. The van der Waals surface area contributed by atoms with Crippen molar-refractivity contribution in [2.45, 2.75) is 39.2 Å². The Labute approximate surface area is 119 Å². The minimum Gasteiger partial charge on any atom is -0.481 e. The number of hydrogen-bond donors (Lipinski definition) is 3. The SMILES string of the molecule is CCNC(C)(C)C(=O)Nc1cccc(CCC(=O)O)c1. The smallest absolute Gasteiger partial charge is 0.303 e. The van der Waals surface area contributed by atoms with Crippen LogP contribution < -0.4 is 10.6 Å². The predicted molar refractivity (Wildman–Crippen MR) is 78.8 cm³/mol. The molecule has 0 saturated heterocycles. The van der Waals surface area contributed by atoms with E-state index in [0.29, 0.717) is 18.7 Å². The van der Waals surface area contributed by atoms with Gasteiger partial charge < -0.3 is 15.7 Å². The van der Waals surface area contributed by atoms with Gasteiger partial charge in [0.2, 0.25) is 5.91 Å². The van der Waals surface area contributed by atoms with Crippen LogP contribution in [0.5, 0.6) is 0 Å². The number of amides is 1. The molecule has 5 nitrogen and oxygen atoms in total. The predicted octanol–water partition coefficient (Wildman–Crippen LogP) is 2.03. The van der Waals surface area contributed by atoms with Gasteiger partial charge in [-0.25, -0.2) is 0 Å². The van der Waals surface area contributed by atoms with Crippen molar-refractivity contribution in [2.75, 3.05) is 11.9 Å². The largest absolute Gasteiger partial charge is 0.481 e. The Morgan fingerprint density at radius 3 is 2.60 bits per heavy atom. The molecule has 1 aromatic carbocycles. The lowest BCUT2D eigenvalue weighted by Gasteiger charge is -2.24. The standard InChI is InChI=1S/C15H22N2O3/c1-4-16-15(2,3)14(20)17-12-7-5-6-11(10-12)8-9-13(18)19/h5-7,10,16H,4,8-9H2,1-3H3,(H,17,20)(H,18,19). The summed E-state index contributed by atoms with van der Waals surface area (Å²) in [7, 11) is 0. The summed E-state index contributed by atoms with van der Waals surface area (Å²) < 4.78 is 0. The van der Waals surface area contributed by atoms with Crippen molar-refractivity contribution in [2.24, 2.45) is 0 Å². The van der Waals surface area contributed by atoms with Gasteiger partial charge in [-0.1, -0.05) is 19.1 Å². The first-order valence-electron chi connectivity index (χ1n) is 6.72. The fourth-order valence-electron chi connectivity index (χ4n) is 1.87. The summed E-state index contributed by atoms with van der Waals surface area (Å²) in [6, 6.07) is 7.27. The summed E-state index contributed by atoms with van der Waals surface area (Å²) in [5.74, 6) is -0.942. The van der Waals surface area contributed by atoms with Gasteiger partial charge in [-0.15, -0.1) is 0 Å². The van der Waals surface area contributed by atoms with E-state index in [1.54, 1.807) is 6.07 Å². The number of carboxylic acids is 1. The van der Waals surface area contributed by atoms with Crippen molar-refractivity contribution >= 4 is 17.6 Å². The summed E-state index contributed by atoms with van der Waals surface area (Å²) in [5, 5.41) is 14.6. The van der Waals surface area contributed by atoms with Gasteiger partial charge in [-0.3, -0.25) is 9.59 Å². The number of anilines is 1. The number of rotatable bonds is 7. The second kappa shape index (κ2) is 7.05. The molecule has 110 valence electrons. The third-order valence-electron chi connectivity index (χ3n) is 3.00. The maximum Gasteiger partial charge on any atom is 0.303 e. The molecule has 0 saturated carbocycles. The lowest BCUT2D eigenvalue weighted by atomic mass is 10.0. The van der Waals surface area contributed by atoms with Crippen LogP contribution in [-0.4, -0.2) is 29.1 Å². The van der Waals surface area contributed by atoms with Crippen molar-refractivity contribution in [1.82, 2.24) is 5.32 Å². The monoisotopic (exact) mass is 278 g/mol. The van der Waals surface area contributed by atoms with Crippen LogP contribution in [0.4, 0.5) is 5.69 Å². The Bertz CT molecular complexity index is 484. The average molecular weight is 278 g/mol. The first-order chi connectivity index (χ1) is 9.35. The van der Waals surface area contributed by atoms with Gasteiger partial charge in [-0.05, 0) is 44.5 Å². The van der Waals surface area contributed by atoms with Crippen LogP contribution in [0.15, 0.2) is 24.3 Å². The molecule has 0 radical (unpaired) electrons. The van der Waals surface area contributed by atoms with Gasteiger partial charge in [0, 0.05) is 12.1 Å². The summed E-state index contributed by atoms with van der Waals surface area (Å²) in [6.07, 6.45) is 0.538. The van der Waals surface area contributed by atoms with Crippen LogP contribution in [0.25, 0.3) is 0 Å². The molecule has 0 atom stereocenters. The van der Waals surface area contributed by atoms with Crippen LogP contribution in [0.2, 0.25) is 0 Å². The van der Waals surface area contributed by atoms with Gasteiger partial charge in [0.1, 0.15) is 0 Å². The highest BCUT2D eigenvalue weighted by Gasteiger charge is 2.26. The molecule has 3 N–H and O–H groups in total. The quantitative estimate of drug-likeness (QED) is 0.713. The number of hydrogen-bond acceptors (Lipinski definition) is 3. The number of nitrogens with one attached hydrogen (secondary N) is 2. The van der Waals surface area contributed by atoms with E-state index in [9.17, 15) is 9.59 Å². The maximum absolute atomic E-state index is 12.1. The molecule has 0 aromatic heterocycles. The Morgan fingerprint density at radius 1 is 1.30 bits per heavy atom. The Kier molecular flexibility index (Phi) is 5.70. The first kappa shape index (κ1) is 16.2. The minimum absolute atomic E-state index is 0.0836. The molecular weight excluding hydrogens is 256 g/mol. The molecular formula is C15H22N2O3. The number of carboxylic acid groups (broad SMARTS) is 1. The van der Waals surface area contributed by atoms with Gasteiger partial charge in [-0.2, -0.15) is 0 Å². The summed E-state index contributed by atoms with van der Waals surface area (Å²) in [5.41, 5.74) is 0.932. The van der Waals surface area contributed by atoms with Gasteiger partial charge >= 0.3 is 5.97 Å². The molecule has 0 fully saturated rings. The van der Waals surface area contributed by atoms with E-state index in [1.165, 1.54) is 0 Å². The highest BCUT2D eigenvalue weighted by atomic mass is 16.4. The van der Waals surface area contributed by atoms with Crippen LogP contribution >= 0.6 is 0 Å². The van der Waals surface area contributed by atoms with Crippen LogP contribution in [-0.2, 0) is 16.0 Å². The van der Waals surface area contributed by atoms with Crippen molar-refractivity contribution < 1.29 is 14.7 Å². The molecule has 0 aliphatic rings. The van der Waals surface area contributed by atoms with Crippen LogP contribution in [0, 0.1) is 0 Å². The van der Waals surface area contributed by atoms with E-state index in [4.69, 9.17) is 5.11 Å². The fourth-order valence-corrected chi connectivity index (χ4v) is 1.87. The topological polar surface area (TPSA) is 78.4 Å². The number of carbonyl (C=O) groups excluding carboxylic acids is 1. The molecule has 20 heavy (non-hydrogen) atoms. The molecule has 0 unspecified atom stereocenters. The molecule has 0 spiro atoms. The van der Waals surface area contributed by atoms with E-state index < -0.39 is 11.5 Å². The second-order valence-corrected chi connectivity index (χ2v) is 5.20. The summed E-state index contributed by atoms with van der Waals surface area (Å²) in [6.45, 7) is 6.29. The zero-order valence-corrected chi connectivity index (χ0v) is 12.2. The third kappa shape index (κ3) is 5.01. The number of aliphatic carboxylic acids is 1. The Balaban J connectivity index is 2.70. The van der Waals surface area contributed by atoms with Gasteiger partial charge in [0.15, 0.2) is 0 Å². The lowest BCUT2D eigenvalue weighted by Crippen LogP contribution is -2.49. The molecule has 0 aliphatic carbocycles. The summed E-state index contributed by atoms with van der Waals surface area (Å²) >= 11 is 0. The molecule has 0 bridgehead atoms. The molecule has 1 aromatic rings. The number of likely N-dealkylation sites (N-methyl/N-ethyl adjacent to an activating group) is 1. The van der Waals surface area contributed by atoms with Crippen molar-refractivity contribution in [1.29, 1.82) is 0 Å². The van der Waals surface area contributed by atoms with E-state index in [0.717, 1.165) is 5.56 Å². The van der Waals surface area contributed by atoms with Crippen LogP contribution in [0.1, 0.15) is 32.8 Å². The van der Waals surface area contributed by atoms with Crippen LogP contribution in [0.3, 0.4) is 0 Å². The highest BCUT2D eigenvalue weighted by Crippen LogP contribution is 2.14. The number of carbonyl (C=O) groups is 2. The average Bonchev–Trinajstić information content (AvgIpc) is 2.36. The Hall–Kier alpha value is -1.88. The highest BCUT2D eigenvalue weighted by molar-refractivity contribution is 5.97. The van der Waals surface area contributed by atoms with E-state index in [1.807, 2.05) is 39.0 Å². The van der Waals surface area contributed by atoms with Crippen molar-refractivity contribution in [3.05, 3.63) is 29.8 Å². The van der Waals surface area contributed by atoms with E-state index in [2.05, 4.69) is 10.6 Å². The lowest BCUT2D eigenvalue weighted by molar-refractivity contribution is -0.137. The second-order valence-electron chi connectivity index (χ2n) is 5.20. The normalized spacial score (nSPS) is 11.2.